The van der Waals surface area contributed by atoms with Crippen LogP contribution in [0.4, 0.5) is 0 Å². The smallest absolute Gasteiger partial charge is 0.471 e. The minimum absolute atomic E-state index is 0.731. The van der Waals surface area contributed by atoms with Gasteiger partial charge in [0.1, 0.15) is 50.3 Å². The van der Waals surface area contributed by atoms with Gasteiger partial charge in [-0.2, -0.15) is 7.82 Å². The Bertz CT molecular complexity index is 704. The molecule has 0 radical (unpaired) electrons. The van der Waals surface area contributed by atoms with Crippen molar-refractivity contribution in [2.45, 2.75) is 214 Å². The highest BCUT2D eigenvalue weighted by molar-refractivity contribution is 7.97. The summed E-state index contributed by atoms with van der Waals surface area (Å²) in [5.74, 6) is 8.99. The zero-order chi connectivity index (χ0) is 42.8. The molecular formula is C41H94O8P2S3. The molecule has 54 heavy (non-hydrogen) atoms. The van der Waals surface area contributed by atoms with Crippen LogP contribution < -0.4 is 14.7 Å². The van der Waals surface area contributed by atoms with E-state index in [1.807, 2.05) is 0 Å². The van der Waals surface area contributed by atoms with E-state index in [9.17, 15) is 4.57 Å². The third-order valence-electron chi connectivity index (χ3n) is 8.81. The summed E-state index contributed by atoms with van der Waals surface area (Å²) in [6, 6.07) is 0. The maximum Gasteiger partial charge on any atom is 0.471 e. The summed E-state index contributed by atoms with van der Waals surface area (Å²) in [4.78, 5) is 33.9. The highest BCUT2D eigenvalue weighted by Gasteiger charge is 2.26. The van der Waals surface area contributed by atoms with E-state index in [4.69, 9.17) is 24.1 Å². The van der Waals surface area contributed by atoms with Crippen LogP contribution in [-0.2, 0) is 50.9 Å². The number of hydrogen-bond acceptors (Lipinski definition) is 7. The average molecular weight is 873 g/mol. The van der Waals surface area contributed by atoms with Crippen LogP contribution in [0.5, 0.6) is 0 Å². The monoisotopic (exact) mass is 873 g/mol. The van der Waals surface area contributed by atoms with Crippen LogP contribution in [-0.4, -0.2) is 69.4 Å². The van der Waals surface area contributed by atoms with Gasteiger partial charge in [-0.15, -0.1) is 0 Å². The van der Waals surface area contributed by atoms with Gasteiger partial charge >= 0.3 is 7.82 Å². The minimum atomic E-state index is -5.39. The predicted molar refractivity (Wildman–Crippen MR) is 245 cm³/mol. The second-order valence-corrected chi connectivity index (χ2v) is 24.7. The Hall–Kier alpha value is 1.27. The molecule has 0 amide bonds. The van der Waals surface area contributed by atoms with E-state index >= 15 is 0 Å². The van der Waals surface area contributed by atoms with Gasteiger partial charge < -0.3 is 24.1 Å². The molecule has 0 fully saturated rings. The van der Waals surface area contributed by atoms with Crippen molar-refractivity contribution in [3.63, 3.8) is 0 Å². The molecule has 0 bridgehead atoms. The minimum Gasteiger partial charge on any atom is -0.822 e. The average Bonchev–Trinajstić information content (AvgIpc) is 3.12. The first-order chi connectivity index (χ1) is 25.4. The van der Waals surface area contributed by atoms with Crippen LogP contribution in [0.3, 0.4) is 0 Å². The van der Waals surface area contributed by atoms with Crippen LogP contribution in [0.1, 0.15) is 199 Å². The van der Waals surface area contributed by atoms with Crippen LogP contribution in [0, 0.1) is 0 Å². The molecule has 0 aliphatic rings. The molecule has 0 spiro atoms. The van der Waals surface area contributed by atoms with E-state index in [0.717, 1.165) is 62.7 Å². The van der Waals surface area contributed by atoms with E-state index in [0.29, 0.717) is 0 Å². The Labute approximate surface area is 347 Å². The van der Waals surface area contributed by atoms with Crippen LogP contribution >= 0.6 is 15.6 Å². The maximum atomic E-state index is 10.1. The molecule has 0 aromatic rings. The summed E-state index contributed by atoms with van der Waals surface area (Å²) in [7, 11) is -4.65. The van der Waals surface area contributed by atoms with E-state index in [2.05, 4.69) is 92.1 Å². The Balaban J connectivity index is -0.000000193. The fourth-order valence-corrected chi connectivity index (χ4v) is 14.1. The van der Waals surface area contributed by atoms with Crippen LogP contribution in [0.25, 0.3) is 0 Å². The van der Waals surface area contributed by atoms with Gasteiger partial charge in [-0.3, -0.25) is 9.05 Å². The van der Waals surface area contributed by atoms with Crippen LogP contribution in [0.2, 0.25) is 0 Å². The van der Waals surface area contributed by atoms with E-state index in [1.54, 1.807) is 0 Å². The van der Waals surface area contributed by atoms with Gasteiger partial charge in [0.15, 0.2) is 0 Å². The van der Waals surface area contributed by atoms with Crippen molar-refractivity contribution in [1.82, 2.24) is 0 Å². The SMILES string of the molecule is CCCC[S+](CCCC)C(C)CCC.CCCC[S+](CCCC)C(C)CCC.CCCC[S+](CCCC)C(C)CCC.COP(=O)(O)OC.O=P([O-])([O-])[O-]. The summed E-state index contributed by atoms with van der Waals surface area (Å²) in [5.41, 5.74) is 0. The van der Waals surface area contributed by atoms with E-state index in [1.165, 1.54) is 150 Å². The quantitative estimate of drug-likeness (QED) is 0.0578. The first-order valence-electron chi connectivity index (χ1n) is 21.6. The largest absolute Gasteiger partial charge is 0.822 e. The Morgan fingerprint density at radius 2 is 0.611 bits per heavy atom. The highest BCUT2D eigenvalue weighted by Crippen LogP contribution is 2.40. The lowest BCUT2D eigenvalue weighted by molar-refractivity contribution is -0.432. The van der Waals surface area contributed by atoms with Crippen LogP contribution in [0.15, 0.2) is 0 Å². The van der Waals surface area contributed by atoms with Crippen molar-refractivity contribution in [2.75, 3.05) is 48.7 Å². The zero-order valence-corrected chi connectivity index (χ0v) is 42.4. The molecule has 0 aliphatic carbocycles. The van der Waals surface area contributed by atoms with Gasteiger partial charge in [0, 0.05) is 14.2 Å². The third-order valence-corrected chi connectivity index (χ3v) is 18.7. The molecule has 1 N–H and O–H groups in total. The standard InChI is InChI=1S/3C13H29S.C2H7O4P.H3O4P/c3*1-5-8-11-14(12-9-6-2)13(4)10-7-3;1-5-7(3,4)6-2;1-5(2,3)4/h3*13H,5-12H2,1-4H3;1-2H3,(H,3,4);(H3,1,2,3,4)/q3*+1;;/p-3. The Kier molecular flexibility index (Phi) is 56.0. The summed E-state index contributed by atoms with van der Waals surface area (Å²) < 4.78 is 26.6. The van der Waals surface area contributed by atoms with Crippen molar-refractivity contribution in [2.24, 2.45) is 0 Å². The number of rotatable bonds is 29. The first kappa shape index (κ1) is 64.4. The molecule has 3 atom stereocenters. The molecule has 0 aliphatic heterocycles. The van der Waals surface area contributed by atoms with E-state index in [-0.39, 0.29) is 0 Å². The number of unbranched alkanes of at least 4 members (excludes halogenated alkanes) is 6. The topological polar surface area (TPSA) is 142 Å². The lowest BCUT2D eigenvalue weighted by Crippen LogP contribution is -2.24. The summed E-state index contributed by atoms with van der Waals surface area (Å²) in [5, 5.41) is 2.95. The Morgan fingerprint density at radius 3 is 0.704 bits per heavy atom. The normalized spacial score (nSPS) is 13.1. The summed E-state index contributed by atoms with van der Waals surface area (Å²) in [6.45, 7) is 28.2. The maximum absolute atomic E-state index is 10.1. The van der Waals surface area contributed by atoms with Gasteiger partial charge in [0.25, 0.3) is 0 Å². The molecule has 3 unspecified atom stereocenters. The van der Waals surface area contributed by atoms with Gasteiger partial charge in [-0.05, 0) is 111 Å². The molecule has 8 nitrogen and oxygen atoms in total. The van der Waals surface area contributed by atoms with Crippen molar-refractivity contribution in [3.8, 4) is 0 Å². The lowest BCUT2D eigenvalue weighted by atomic mass is 10.3. The van der Waals surface area contributed by atoms with Gasteiger partial charge in [0.05, 0.1) is 0 Å². The molecule has 0 heterocycles. The van der Waals surface area contributed by atoms with Gasteiger partial charge in [0.2, 0.25) is 0 Å². The fourth-order valence-electron chi connectivity index (χ4n) is 5.29. The molecule has 0 saturated carbocycles. The number of phosphoric acid groups is 2. The molecular weight excluding hydrogens is 779 g/mol. The molecule has 13 heteroatoms. The zero-order valence-electron chi connectivity index (χ0n) is 38.1. The van der Waals surface area contributed by atoms with Crippen molar-refractivity contribution >= 4 is 48.3 Å². The predicted octanol–water partition coefficient (Wildman–Crippen LogP) is 10.7. The van der Waals surface area contributed by atoms with Crippen molar-refractivity contribution in [1.29, 1.82) is 0 Å². The summed E-state index contributed by atoms with van der Waals surface area (Å²) >= 11 is 0. The van der Waals surface area contributed by atoms with Gasteiger partial charge in [-0.1, -0.05) is 120 Å². The second-order valence-electron chi connectivity index (χ2n) is 14.0. The molecule has 0 saturated heterocycles. The second kappa shape index (κ2) is 47.0. The number of phosphoric ester groups is 1. The van der Waals surface area contributed by atoms with Gasteiger partial charge in [-0.25, -0.2) is 4.57 Å². The summed E-state index contributed by atoms with van der Waals surface area (Å²) in [6.07, 6.45) is 25.3. The molecule has 0 aromatic heterocycles. The number of hydrogen-bond donors (Lipinski definition) is 1. The molecule has 334 valence electrons. The third kappa shape index (κ3) is 53.3. The van der Waals surface area contributed by atoms with Crippen molar-refractivity contribution < 1.29 is 37.8 Å². The molecule has 0 aromatic carbocycles. The molecule has 0 rings (SSSR count). The fraction of sp³-hybridized carbons (Fsp3) is 1.00. The highest BCUT2D eigenvalue weighted by atomic mass is 32.2. The lowest BCUT2D eigenvalue weighted by Gasteiger charge is -2.36. The first-order valence-corrected chi connectivity index (χ1v) is 29.4. The van der Waals surface area contributed by atoms with Crippen molar-refractivity contribution in [3.05, 3.63) is 0 Å². The Morgan fingerprint density at radius 1 is 0.444 bits per heavy atom. The van der Waals surface area contributed by atoms with E-state index < -0.39 is 15.6 Å².